The van der Waals surface area contributed by atoms with Crippen molar-refractivity contribution in [1.82, 2.24) is 9.97 Å². The molecular weight excluding hydrogens is 444 g/mol. The Hall–Kier alpha value is -2.61. The minimum absolute atomic E-state index is 0.124. The molecule has 0 spiro atoms. The number of aromatic nitrogens is 2. The summed E-state index contributed by atoms with van der Waals surface area (Å²) in [4.78, 5) is 23.7. The third-order valence-corrected chi connectivity index (χ3v) is 6.46. The van der Waals surface area contributed by atoms with Crippen LogP contribution in [0.15, 0.2) is 53.7 Å². The summed E-state index contributed by atoms with van der Waals surface area (Å²) in [6.07, 6.45) is 0. The zero-order chi connectivity index (χ0) is 22.5. The molecule has 32 heavy (non-hydrogen) atoms. The van der Waals surface area contributed by atoms with E-state index in [1.54, 1.807) is 6.07 Å². The first-order valence-electron chi connectivity index (χ1n) is 10.5. The van der Waals surface area contributed by atoms with E-state index in [-0.39, 0.29) is 5.91 Å². The van der Waals surface area contributed by atoms with Crippen molar-refractivity contribution in [2.24, 2.45) is 0 Å². The minimum Gasteiger partial charge on any atom is -0.378 e. The Morgan fingerprint density at radius 2 is 1.81 bits per heavy atom. The first-order chi connectivity index (χ1) is 15.5. The van der Waals surface area contributed by atoms with Crippen molar-refractivity contribution in [3.05, 3.63) is 75.9 Å². The summed E-state index contributed by atoms with van der Waals surface area (Å²) >= 11 is 7.75. The van der Waals surface area contributed by atoms with Gasteiger partial charge in [0.2, 0.25) is 0 Å². The average Bonchev–Trinajstić information content (AvgIpc) is 2.81. The molecule has 1 saturated heterocycles. The molecule has 1 aromatic heterocycles. The van der Waals surface area contributed by atoms with Gasteiger partial charge in [0, 0.05) is 36.2 Å². The molecule has 0 aliphatic carbocycles. The van der Waals surface area contributed by atoms with Gasteiger partial charge in [-0.25, -0.2) is 9.97 Å². The van der Waals surface area contributed by atoms with Crippen LogP contribution in [-0.4, -0.2) is 42.2 Å². The van der Waals surface area contributed by atoms with Gasteiger partial charge in [-0.1, -0.05) is 41.6 Å². The second-order valence-corrected chi connectivity index (χ2v) is 9.00. The Kier molecular flexibility index (Phi) is 7.29. The summed E-state index contributed by atoms with van der Waals surface area (Å²) in [5, 5.41) is 4.02. The average molecular weight is 469 g/mol. The second kappa shape index (κ2) is 10.3. The number of amides is 1. The van der Waals surface area contributed by atoms with E-state index in [1.165, 1.54) is 17.3 Å². The predicted molar refractivity (Wildman–Crippen MR) is 130 cm³/mol. The standard InChI is InChI=1S/C24H25ClN4O2S/c1-16-3-8-20(13-17(16)2)26-23(30)19-6-4-18(5-7-19)15-32-24-27-21(25)14-22(28-24)29-9-11-31-12-10-29/h3-8,13-14H,9-12,15H2,1-2H3,(H,26,30). The molecular formula is C24H25ClN4O2S. The van der Waals surface area contributed by atoms with Crippen LogP contribution in [0.5, 0.6) is 0 Å². The fraction of sp³-hybridized carbons (Fsp3) is 0.292. The van der Waals surface area contributed by atoms with Crippen LogP contribution in [0.2, 0.25) is 5.15 Å². The largest absolute Gasteiger partial charge is 0.378 e. The van der Waals surface area contributed by atoms with Crippen LogP contribution in [0.25, 0.3) is 0 Å². The fourth-order valence-corrected chi connectivity index (χ4v) is 4.36. The van der Waals surface area contributed by atoms with E-state index in [0.29, 0.717) is 34.8 Å². The lowest BCUT2D eigenvalue weighted by Crippen LogP contribution is -2.36. The number of ether oxygens (including phenoxy) is 1. The third kappa shape index (κ3) is 5.79. The molecule has 1 amide bonds. The molecule has 1 fully saturated rings. The molecule has 2 heterocycles. The Morgan fingerprint density at radius 1 is 1.06 bits per heavy atom. The lowest BCUT2D eigenvalue weighted by molar-refractivity contribution is 0.102. The number of benzene rings is 2. The molecule has 8 heteroatoms. The maximum Gasteiger partial charge on any atom is 0.255 e. The minimum atomic E-state index is -0.124. The molecule has 1 aliphatic rings. The van der Waals surface area contributed by atoms with Crippen molar-refractivity contribution in [2.75, 3.05) is 36.5 Å². The van der Waals surface area contributed by atoms with Gasteiger partial charge < -0.3 is 15.0 Å². The smallest absolute Gasteiger partial charge is 0.255 e. The highest BCUT2D eigenvalue weighted by Gasteiger charge is 2.15. The number of morpholine rings is 1. The summed E-state index contributed by atoms with van der Waals surface area (Å²) in [5.41, 5.74) is 4.84. The summed E-state index contributed by atoms with van der Waals surface area (Å²) in [6, 6.07) is 15.3. The molecule has 0 unspecified atom stereocenters. The molecule has 166 valence electrons. The second-order valence-electron chi connectivity index (χ2n) is 7.67. The summed E-state index contributed by atoms with van der Waals surface area (Å²) < 4.78 is 5.40. The highest BCUT2D eigenvalue weighted by molar-refractivity contribution is 7.98. The summed E-state index contributed by atoms with van der Waals surface area (Å²) in [6.45, 7) is 7.05. The number of carbonyl (C=O) groups is 1. The Balaban J connectivity index is 1.37. The third-order valence-electron chi connectivity index (χ3n) is 5.34. The molecule has 4 rings (SSSR count). The van der Waals surface area contributed by atoms with E-state index in [2.05, 4.69) is 27.1 Å². The molecule has 0 atom stereocenters. The highest BCUT2D eigenvalue weighted by atomic mass is 35.5. The zero-order valence-corrected chi connectivity index (χ0v) is 19.7. The molecule has 3 aromatic rings. The van der Waals surface area contributed by atoms with Gasteiger partial charge >= 0.3 is 0 Å². The summed E-state index contributed by atoms with van der Waals surface area (Å²) in [5.74, 6) is 1.39. The Labute approximate surface area is 197 Å². The van der Waals surface area contributed by atoms with Gasteiger partial charge in [-0.3, -0.25) is 4.79 Å². The number of aryl methyl sites for hydroxylation is 2. The lowest BCUT2D eigenvalue weighted by atomic mass is 10.1. The van der Waals surface area contributed by atoms with Crippen LogP contribution in [0, 0.1) is 13.8 Å². The van der Waals surface area contributed by atoms with E-state index in [1.807, 2.05) is 49.4 Å². The van der Waals surface area contributed by atoms with Crippen LogP contribution in [-0.2, 0) is 10.5 Å². The number of anilines is 2. The van der Waals surface area contributed by atoms with Crippen molar-refractivity contribution in [3.63, 3.8) is 0 Å². The van der Waals surface area contributed by atoms with Crippen molar-refractivity contribution in [2.45, 2.75) is 24.8 Å². The quantitative estimate of drug-likeness (QED) is 0.307. The first-order valence-corrected chi connectivity index (χ1v) is 11.8. The number of carbonyl (C=O) groups excluding carboxylic acids is 1. The number of nitrogens with one attached hydrogen (secondary N) is 1. The summed E-state index contributed by atoms with van der Waals surface area (Å²) in [7, 11) is 0. The molecule has 1 N–H and O–H groups in total. The SMILES string of the molecule is Cc1ccc(NC(=O)c2ccc(CSc3nc(Cl)cc(N4CCOCC4)n3)cc2)cc1C. The highest BCUT2D eigenvalue weighted by Crippen LogP contribution is 2.25. The van der Waals surface area contributed by atoms with Crippen LogP contribution in [0.3, 0.4) is 0 Å². The van der Waals surface area contributed by atoms with Crippen molar-refractivity contribution in [3.8, 4) is 0 Å². The topological polar surface area (TPSA) is 67.4 Å². The molecule has 0 saturated carbocycles. The predicted octanol–water partition coefficient (Wildman–Crippen LogP) is 5.13. The van der Waals surface area contributed by atoms with E-state index in [0.717, 1.165) is 35.7 Å². The van der Waals surface area contributed by atoms with Gasteiger partial charge in [0.05, 0.1) is 13.2 Å². The fourth-order valence-electron chi connectivity index (χ4n) is 3.33. The van der Waals surface area contributed by atoms with Gasteiger partial charge in [0.25, 0.3) is 5.91 Å². The van der Waals surface area contributed by atoms with Crippen LogP contribution in [0.1, 0.15) is 27.0 Å². The maximum absolute atomic E-state index is 12.6. The number of halogens is 1. The normalized spacial score (nSPS) is 13.8. The molecule has 2 aromatic carbocycles. The van der Waals surface area contributed by atoms with Gasteiger partial charge in [0.15, 0.2) is 5.16 Å². The molecule has 0 bridgehead atoms. The van der Waals surface area contributed by atoms with E-state index in [4.69, 9.17) is 16.3 Å². The Morgan fingerprint density at radius 3 is 2.53 bits per heavy atom. The van der Waals surface area contributed by atoms with Crippen molar-refractivity contribution < 1.29 is 9.53 Å². The van der Waals surface area contributed by atoms with Crippen LogP contribution in [0.4, 0.5) is 11.5 Å². The number of thioether (sulfide) groups is 1. The van der Waals surface area contributed by atoms with Gasteiger partial charge in [-0.05, 0) is 54.8 Å². The van der Waals surface area contributed by atoms with Gasteiger partial charge in [-0.15, -0.1) is 0 Å². The first kappa shape index (κ1) is 22.6. The van der Waals surface area contributed by atoms with Crippen molar-refractivity contribution >= 4 is 40.8 Å². The number of hydrogen-bond donors (Lipinski definition) is 1. The zero-order valence-electron chi connectivity index (χ0n) is 18.1. The van der Waals surface area contributed by atoms with Gasteiger partial charge in [0.1, 0.15) is 11.0 Å². The van der Waals surface area contributed by atoms with E-state index < -0.39 is 0 Å². The molecule has 0 radical (unpaired) electrons. The molecule has 1 aliphatic heterocycles. The van der Waals surface area contributed by atoms with Crippen molar-refractivity contribution in [1.29, 1.82) is 0 Å². The molecule has 6 nitrogen and oxygen atoms in total. The van der Waals surface area contributed by atoms with E-state index in [9.17, 15) is 4.79 Å². The van der Waals surface area contributed by atoms with Gasteiger partial charge in [-0.2, -0.15) is 0 Å². The Bertz CT molecular complexity index is 1100. The van der Waals surface area contributed by atoms with Crippen LogP contribution >= 0.6 is 23.4 Å². The number of rotatable bonds is 6. The van der Waals surface area contributed by atoms with E-state index >= 15 is 0 Å². The van der Waals surface area contributed by atoms with Crippen LogP contribution < -0.4 is 10.2 Å². The number of nitrogens with zero attached hydrogens (tertiary/aromatic N) is 3. The monoisotopic (exact) mass is 468 g/mol. The maximum atomic E-state index is 12.6. The number of hydrogen-bond acceptors (Lipinski definition) is 6. The lowest BCUT2D eigenvalue weighted by Gasteiger charge is -2.27.